The van der Waals surface area contributed by atoms with Crippen LogP contribution in [0.15, 0.2) is 23.1 Å². The normalized spacial score (nSPS) is 10.5. The van der Waals surface area contributed by atoms with Crippen molar-refractivity contribution in [1.29, 1.82) is 0 Å². The summed E-state index contributed by atoms with van der Waals surface area (Å²) in [7, 11) is 0. The third-order valence-electron chi connectivity index (χ3n) is 2.14. The van der Waals surface area contributed by atoms with Gasteiger partial charge in [-0.05, 0) is 55.8 Å². The molecule has 0 atom stereocenters. The van der Waals surface area contributed by atoms with E-state index in [0.717, 1.165) is 24.8 Å². The van der Waals surface area contributed by atoms with Crippen LogP contribution in [0.25, 0.3) is 0 Å². The fraction of sp³-hybridized carbons (Fsp3) is 0.455. The number of unbranched alkanes of at least 4 members (excludes halogenated alkanes) is 1. The van der Waals surface area contributed by atoms with Gasteiger partial charge in [0.25, 0.3) is 0 Å². The van der Waals surface area contributed by atoms with E-state index in [1.165, 1.54) is 11.0 Å². The molecule has 78 valence electrons. The molecule has 14 heavy (non-hydrogen) atoms. The Labute approximate surface area is 88.9 Å². The monoisotopic (exact) mass is 213 g/mol. The van der Waals surface area contributed by atoms with E-state index in [-0.39, 0.29) is 5.82 Å². The van der Waals surface area contributed by atoms with Crippen LogP contribution in [0, 0.1) is 5.82 Å². The molecule has 1 aromatic rings. The number of thioether (sulfide) groups is 1. The van der Waals surface area contributed by atoms with Gasteiger partial charge >= 0.3 is 0 Å². The summed E-state index contributed by atoms with van der Waals surface area (Å²) in [6, 6.07) is 4.98. The highest BCUT2D eigenvalue weighted by Gasteiger charge is 2.02. The number of halogens is 1. The van der Waals surface area contributed by atoms with Crippen LogP contribution in [0.3, 0.4) is 0 Å². The SMILES string of the molecule is CSc1ccc(F)cc1CCCCN. The molecule has 0 unspecified atom stereocenters. The highest BCUT2D eigenvalue weighted by Crippen LogP contribution is 2.22. The summed E-state index contributed by atoms with van der Waals surface area (Å²) in [5, 5.41) is 0. The predicted octanol–water partition coefficient (Wildman–Crippen LogP) is 2.83. The average molecular weight is 213 g/mol. The van der Waals surface area contributed by atoms with Crippen molar-refractivity contribution in [2.75, 3.05) is 12.8 Å². The first-order valence-corrected chi connectivity index (χ1v) is 6.03. The number of hydrogen-bond acceptors (Lipinski definition) is 2. The van der Waals surface area contributed by atoms with Crippen LogP contribution in [-0.2, 0) is 6.42 Å². The Morgan fingerprint density at radius 1 is 1.36 bits per heavy atom. The molecule has 0 amide bonds. The fourth-order valence-electron chi connectivity index (χ4n) is 1.40. The van der Waals surface area contributed by atoms with Gasteiger partial charge in [-0.1, -0.05) is 0 Å². The summed E-state index contributed by atoms with van der Waals surface area (Å²) in [6.07, 6.45) is 4.97. The number of benzene rings is 1. The van der Waals surface area contributed by atoms with Gasteiger partial charge in [0.15, 0.2) is 0 Å². The van der Waals surface area contributed by atoms with Crippen LogP contribution in [0.5, 0.6) is 0 Å². The highest BCUT2D eigenvalue weighted by atomic mass is 32.2. The maximum atomic E-state index is 13.0. The molecule has 0 fully saturated rings. The molecule has 0 saturated heterocycles. The molecule has 1 nitrogen and oxygen atoms in total. The molecule has 0 spiro atoms. The van der Waals surface area contributed by atoms with Crippen LogP contribution in [-0.4, -0.2) is 12.8 Å². The van der Waals surface area contributed by atoms with Crippen molar-refractivity contribution in [3.8, 4) is 0 Å². The lowest BCUT2D eigenvalue weighted by Crippen LogP contribution is -1.99. The lowest BCUT2D eigenvalue weighted by Gasteiger charge is -2.06. The molecule has 0 aliphatic rings. The smallest absolute Gasteiger partial charge is 0.123 e. The first kappa shape index (κ1) is 11.5. The van der Waals surface area contributed by atoms with Gasteiger partial charge in [0.05, 0.1) is 0 Å². The van der Waals surface area contributed by atoms with Crippen LogP contribution >= 0.6 is 11.8 Å². The van der Waals surface area contributed by atoms with E-state index < -0.39 is 0 Å². The Hall–Kier alpha value is -0.540. The number of hydrogen-bond donors (Lipinski definition) is 1. The molecule has 3 heteroatoms. The van der Waals surface area contributed by atoms with Gasteiger partial charge in [0, 0.05) is 4.90 Å². The summed E-state index contributed by atoms with van der Waals surface area (Å²) < 4.78 is 13.0. The summed E-state index contributed by atoms with van der Waals surface area (Å²) in [6.45, 7) is 0.712. The molecular weight excluding hydrogens is 197 g/mol. The van der Waals surface area contributed by atoms with Gasteiger partial charge in [-0.15, -0.1) is 11.8 Å². The van der Waals surface area contributed by atoms with Gasteiger partial charge in [0.2, 0.25) is 0 Å². The number of aryl methyl sites for hydroxylation is 1. The first-order chi connectivity index (χ1) is 6.77. The Balaban J connectivity index is 2.67. The zero-order valence-electron chi connectivity index (χ0n) is 8.42. The zero-order valence-corrected chi connectivity index (χ0v) is 9.24. The van der Waals surface area contributed by atoms with E-state index in [1.807, 2.05) is 12.3 Å². The predicted molar refractivity (Wildman–Crippen MR) is 60.2 cm³/mol. The van der Waals surface area contributed by atoms with Crippen molar-refractivity contribution in [3.63, 3.8) is 0 Å². The molecule has 0 heterocycles. The molecule has 0 bridgehead atoms. The van der Waals surface area contributed by atoms with Crippen LogP contribution < -0.4 is 5.73 Å². The second kappa shape index (κ2) is 6.04. The Kier molecular flexibility index (Phi) is 4.98. The van der Waals surface area contributed by atoms with Crippen molar-refractivity contribution in [3.05, 3.63) is 29.6 Å². The number of rotatable bonds is 5. The van der Waals surface area contributed by atoms with E-state index in [2.05, 4.69) is 0 Å². The van der Waals surface area contributed by atoms with E-state index in [0.29, 0.717) is 6.54 Å². The van der Waals surface area contributed by atoms with E-state index in [9.17, 15) is 4.39 Å². The summed E-state index contributed by atoms with van der Waals surface area (Å²) >= 11 is 1.66. The minimum atomic E-state index is -0.148. The molecule has 0 radical (unpaired) electrons. The lowest BCUT2D eigenvalue weighted by molar-refractivity contribution is 0.621. The fourth-order valence-corrected chi connectivity index (χ4v) is 2.03. The van der Waals surface area contributed by atoms with E-state index in [1.54, 1.807) is 17.8 Å². The average Bonchev–Trinajstić information content (AvgIpc) is 2.19. The summed E-state index contributed by atoms with van der Waals surface area (Å²) in [5.74, 6) is -0.148. The summed E-state index contributed by atoms with van der Waals surface area (Å²) in [5.41, 5.74) is 6.52. The molecule has 1 aromatic carbocycles. The lowest BCUT2D eigenvalue weighted by atomic mass is 10.1. The van der Waals surface area contributed by atoms with Crippen LogP contribution in [0.2, 0.25) is 0 Å². The minimum Gasteiger partial charge on any atom is -0.330 e. The third-order valence-corrected chi connectivity index (χ3v) is 2.98. The van der Waals surface area contributed by atoms with Gasteiger partial charge in [-0.25, -0.2) is 4.39 Å². The van der Waals surface area contributed by atoms with Gasteiger partial charge < -0.3 is 5.73 Å². The minimum absolute atomic E-state index is 0.148. The van der Waals surface area contributed by atoms with Gasteiger partial charge in [-0.2, -0.15) is 0 Å². The molecular formula is C11H16FNS. The topological polar surface area (TPSA) is 26.0 Å². The largest absolute Gasteiger partial charge is 0.330 e. The Bertz CT molecular complexity index is 289. The second-order valence-electron chi connectivity index (χ2n) is 3.20. The Morgan fingerprint density at radius 3 is 2.79 bits per heavy atom. The number of nitrogens with two attached hydrogens (primary N) is 1. The first-order valence-electron chi connectivity index (χ1n) is 4.80. The van der Waals surface area contributed by atoms with Crippen molar-refractivity contribution >= 4 is 11.8 Å². The van der Waals surface area contributed by atoms with Crippen molar-refractivity contribution in [1.82, 2.24) is 0 Å². The summed E-state index contributed by atoms with van der Waals surface area (Å²) in [4.78, 5) is 1.17. The molecule has 1 rings (SSSR count). The maximum absolute atomic E-state index is 13.0. The van der Waals surface area contributed by atoms with Crippen molar-refractivity contribution in [2.45, 2.75) is 24.2 Å². The van der Waals surface area contributed by atoms with E-state index >= 15 is 0 Å². The Morgan fingerprint density at radius 2 is 2.14 bits per heavy atom. The van der Waals surface area contributed by atoms with Crippen LogP contribution in [0.4, 0.5) is 4.39 Å². The molecule has 2 N–H and O–H groups in total. The standard InChI is InChI=1S/C11H16FNS/c1-14-11-6-5-10(12)8-9(11)4-2-3-7-13/h5-6,8H,2-4,7,13H2,1H3. The zero-order chi connectivity index (χ0) is 10.4. The van der Waals surface area contributed by atoms with E-state index in [4.69, 9.17) is 5.73 Å². The highest BCUT2D eigenvalue weighted by molar-refractivity contribution is 7.98. The molecule has 0 aliphatic carbocycles. The maximum Gasteiger partial charge on any atom is 0.123 e. The second-order valence-corrected chi connectivity index (χ2v) is 4.05. The quantitative estimate of drug-likeness (QED) is 0.601. The van der Waals surface area contributed by atoms with Crippen molar-refractivity contribution < 1.29 is 4.39 Å². The van der Waals surface area contributed by atoms with Crippen molar-refractivity contribution in [2.24, 2.45) is 5.73 Å². The van der Waals surface area contributed by atoms with Crippen LogP contribution in [0.1, 0.15) is 18.4 Å². The third kappa shape index (κ3) is 3.31. The van der Waals surface area contributed by atoms with Gasteiger partial charge in [0.1, 0.15) is 5.82 Å². The molecule has 0 aromatic heterocycles. The molecule has 0 aliphatic heterocycles. The van der Waals surface area contributed by atoms with Gasteiger partial charge in [-0.3, -0.25) is 0 Å². The molecule has 0 saturated carbocycles.